The predicted octanol–water partition coefficient (Wildman–Crippen LogP) is 4.41. The van der Waals surface area contributed by atoms with Crippen LogP contribution in [0.5, 0.6) is 11.5 Å². The molecule has 1 aliphatic rings. The summed E-state index contributed by atoms with van der Waals surface area (Å²) in [6.45, 7) is 3.64. The van der Waals surface area contributed by atoms with Gasteiger partial charge in [-0.25, -0.2) is 4.79 Å². The maximum Gasteiger partial charge on any atom is 0.336 e. The van der Waals surface area contributed by atoms with Crippen LogP contribution in [-0.4, -0.2) is 23.7 Å². The van der Waals surface area contributed by atoms with Gasteiger partial charge < -0.3 is 14.3 Å². The Morgan fingerprint density at radius 3 is 2.86 bits per heavy atom. The Labute approximate surface area is 164 Å². The van der Waals surface area contributed by atoms with Crippen LogP contribution < -0.4 is 10.4 Å². The minimum Gasteiger partial charge on any atom is -0.508 e. The monoisotopic (exact) mass is 379 g/mol. The zero-order chi connectivity index (χ0) is 19.7. The van der Waals surface area contributed by atoms with Crippen molar-refractivity contribution in [2.45, 2.75) is 38.8 Å². The van der Waals surface area contributed by atoms with Crippen molar-refractivity contribution in [3.8, 4) is 11.5 Å². The molecule has 0 bridgehead atoms. The van der Waals surface area contributed by atoms with Gasteiger partial charge in [-0.3, -0.25) is 4.90 Å². The van der Waals surface area contributed by atoms with E-state index < -0.39 is 0 Å². The van der Waals surface area contributed by atoms with Crippen LogP contribution in [0.4, 0.5) is 0 Å². The molecule has 4 rings (SSSR count). The quantitative estimate of drug-likeness (QED) is 0.666. The van der Waals surface area contributed by atoms with Crippen molar-refractivity contribution < 1.29 is 14.3 Å². The van der Waals surface area contributed by atoms with E-state index in [-0.39, 0.29) is 11.4 Å². The molecule has 1 N–H and O–H groups in total. The Morgan fingerprint density at radius 2 is 2.07 bits per heavy atom. The van der Waals surface area contributed by atoms with Gasteiger partial charge in [0.05, 0.1) is 7.11 Å². The molecule has 1 fully saturated rings. The molecule has 3 aromatic rings. The molecule has 1 aromatic heterocycles. The first-order valence-corrected chi connectivity index (χ1v) is 9.75. The molecule has 1 unspecified atom stereocenters. The summed E-state index contributed by atoms with van der Waals surface area (Å²) in [6.07, 6.45) is 2.91. The van der Waals surface area contributed by atoms with Crippen LogP contribution >= 0.6 is 0 Å². The molecular formula is C23H25NO4. The molecule has 0 amide bonds. The fourth-order valence-electron chi connectivity index (χ4n) is 4.18. The second-order valence-corrected chi connectivity index (χ2v) is 7.33. The molecule has 1 aliphatic heterocycles. The van der Waals surface area contributed by atoms with E-state index in [4.69, 9.17) is 9.15 Å². The van der Waals surface area contributed by atoms with Crippen molar-refractivity contribution in [1.29, 1.82) is 0 Å². The van der Waals surface area contributed by atoms with E-state index in [2.05, 4.69) is 17.0 Å². The second-order valence-electron chi connectivity index (χ2n) is 7.33. The highest BCUT2D eigenvalue weighted by molar-refractivity contribution is 5.82. The SMILES string of the molecule is CCc1cc2c(CN3CCCC3c3cccc(OC)c3)cc(=O)oc2cc1O. The molecule has 0 spiro atoms. The molecule has 146 valence electrons. The number of methoxy groups -OCH3 is 1. The number of ether oxygens (including phenoxy) is 1. The second kappa shape index (κ2) is 7.68. The lowest BCUT2D eigenvalue weighted by Gasteiger charge is -2.25. The Morgan fingerprint density at radius 1 is 1.21 bits per heavy atom. The Kier molecular flexibility index (Phi) is 5.09. The molecule has 28 heavy (non-hydrogen) atoms. The summed E-state index contributed by atoms with van der Waals surface area (Å²) in [4.78, 5) is 14.5. The van der Waals surface area contributed by atoms with Crippen LogP contribution in [0.25, 0.3) is 11.0 Å². The lowest BCUT2D eigenvalue weighted by Crippen LogP contribution is -2.23. The lowest BCUT2D eigenvalue weighted by atomic mass is 10.0. The summed E-state index contributed by atoms with van der Waals surface area (Å²) >= 11 is 0. The first-order valence-electron chi connectivity index (χ1n) is 9.75. The summed E-state index contributed by atoms with van der Waals surface area (Å²) in [5, 5.41) is 11.0. The van der Waals surface area contributed by atoms with Gasteiger partial charge in [0, 0.05) is 30.1 Å². The van der Waals surface area contributed by atoms with Gasteiger partial charge in [0.2, 0.25) is 0 Å². The molecule has 5 heteroatoms. The van der Waals surface area contributed by atoms with E-state index >= 15 is 0 Å². The van der Waals surface area contributed by atoms with Crippen molar-refractivity contribution in [3.63, 3.8) is 0 Å². The van der Waals surface area contributed by atoms with Gasteiger partial charge in [0.25, 0.3) is 0 Å². The van der Waals surface area contributed by atoms with Crippen molar-refractivity contribution in [2.24, 2.45) is 0 Å². The van der Waals surface area contributed by atoms with Crippen molar-refractivity contribution in [1.82, 2.24) is 4.90 Å². The Hall–Kier alpha value is -2.79. The molecule has 0 aliphatic carbocycles. The van der Waals surface area contributed by atoms with Gasteiger partial charge in [-0.05, 0) is 60.7 Å². The molecule has 1 atom stereocenters. The average molecular weight is 379 g/mol. The predicted molar refractivity (Wildman–Crippen MR) is 109 cm³/mol. The first kappa shape index (κ1) is 18.6. The molecular weight excluding hydrogens is 354 g/mol. The van der Waals surface area contributed by atoms with Gasteiger partial charge in [0.15, 0.2) is 0 Å². The van der Waals surface area contributed by atoms with Crippen molar-refractivity contribution >= 4 is 11.0 Å². The minimum absolute atomic E-state index is 0.172. The van der Waals surface area contributed by atoms with E-state index in [1.54, 1.807) is 19.2 Å². The van der Waals surface area contributed by atoms with Crippen molar-refractivity contribution in [2.75, 3.05) is 13.7 Å². The summed E-state index contributed by atoms with van der Waals surface area (Å²) < 4.78 is 10.7. The van der Waals surface area contributed by atoms with E-state index in [9.17, 15) is 9.90 Å². The van der Waals surface area contributed by atoms with Gasteiger partial charge in [-0.15, -0.1) is 0 Å². The number of nitrogens with zero attached hydrogens (tertiary/aromatic N) is 1. The fraction of sp³-hybridized carbons (Fsp3) is 0.348. The summed E-state index contributed by atoms with van der Waals surface area (Å²) in [5.74, 6) is 1.03. The standard InChI is InChI=1S/C23H25NO4/c1-3-15-11-19-17(12-23(26)28-22(19)13-21(15)25)14-24-9-5-8-20(24)16-6-4-7-18(10-16)27-2/h4,6-7,10-13,20,25H,3,5,8-9,14H2,1-2H3. The zero-order valence-electron chi connectivity index (χ0n) is 16.3. The molecule has 2 aromatic carbocycles. The topological polar surface area (TPSA) is 62.9 Å². The zero-order valence-corrected chi connectivity index (χ0v) is 16.3. The largest absolute Gasteiger partial charge is 0.508 e. The fourth-order valence-corrected chi connectivity index (χ4v) is 4.18. The van der Waals surface area contributed by atoms with E-state index in [0.717, 1.165) is 48.1 Å². The number of fused-ring (bicyclic) bond motifs is 1. The summed E-state index contributed by atoms with van der Waals surface area (Å²) in [5.41, 5.74) is 3.08. The number of benzene rings is 2. The number of aromatic hydroxyl groups is 1. The Balaban J connectivity index is 1.71. The van der Waals surface area contributed by atoms with E-state index in [0.29, 0.717) is 18.2 Å². The maximum absolute atomic E-state index is 12.1. The highest BCUT2D eigenvalue weighted by Gasteiger charge is 2.27. The number of phenols is 1. The van der Waals surface area contributed by atoms with Gasteiger partial charge in [-0.1, -0.05) is 19.1 Å². The molecule has 0 radical (unpaired) electrons. The number of hydrogen-bond acceptors (Lipinski definition) is 5. The molecule has 0 saturated carbocycles. The van der Waals surface area contributed by atoms with E-state index in [1.807, 2.05) is 25.1 Å². The van der Waals surface area contributed by atoms with Crippen LogP contribution in [0, 0.1) is 0 Å². The molecule has 1 saturated heterocycles. The number of hydrogen-bond donors (Lipinski definition) is 1. The lowest BCUT2D eigenvalue weighted by molar-refractivity contribution is 0.248. The maximum atomic E-state index is 12.1. The van der Waals surface area contributed by atoms with Gasteiger partial charge in [0.1, 0.15) is 17.1 Å². The normalized spacial score (nSPS) is 17.3. The van der Waals surface area contributed by atoms with Gasteiger partial charge >= 0.3 is 5.63 Å². The van der Waals surface area contributed by atoms with Gasteiger partial charge in [-0.2, -0.15) is 0 Å². The van der Waals surface area contributed by atoms with Crippen molar-refractivity contribution in [3.05, 3.63) is 69.6 Å². The van der Waals surface area contributed by atoms with Crippen LogP contribution in [0.3, 0.4) is 0 Å². The molecule has 2 heterocycles. The van der Waals surface area contributed by atoms with Crippen LogP contribution in [0.1, 0.15) is 42.5 Å². The highest BCUT2D eigenvalue weighted by atomic mass is 16.5. The van der Waals surface area contributed by atoms with Crippen LogP contribution in [0.15, 0.2) is 51.7 Å². The average Bonchev–Trinajstić information content (AvgIpc) is 3.15. The summed E-state index contributed by atoms with van der Waals surface area (Å²) in [6, 6.07) is 13.6. The number of likely N-dealkylation sites (tertiary alicyclic amines) is 1. The minimum atomic E-state index is -0.386. The third kappa shape index (κ3) is 3.50. The third-order valence-electron chi connectivity index (χ3n) is 5.63. The number of rotatable bonds is 5. The summed E-state index contributed by atoms with van der Waals surface area (Å²) in [7, 11) is 1.68. The number of aryl methyl sites for hydroxylation is 1. The molecule has 5 nitrogen and oxygen atoms in total. The first-order chi connectivity index (χ1) is 13.6. The van der Waals surface area contributed by atoms with Crippen LogP contribution in [-0.2, 0) is 13.0 Å². The smallest absolute Gasteiger partial charge is 0.336 e. The third-order valence-corrected chi connectivity index (χ3v) is 5.63. The highest BCUT2D eigenvalue weighted by Crippen LogP contribution is 2.36. The van der Waals surface area contributed by atoms with E-state index in [1.165, 1.54) is 5.56 Å². The number of phenolic OH excluding ortho intramolecular Hbond substituents is 1. The van der Waals surface area contributed by atoms with Crippen LogP contribution in [0.2, 0.25) is 0 Å². The Bertz CT molecular complexity index is 1060.